The lowest BCUT2D eigenvalue weighted by Gasteiger charge is -2.29. The van der Waals surface area contributed by atoms with Crippen LogP contribution < -0.4 is 20.7 Å². The van der Waals surface area contributed by atoms with Gasteiger partial charge in [0.25, 0.3) is 11.8 Å². The van der Waals surface area contributed by atoms with Crippen molar-refractivity contribution in [3.05, 3.63) is 54.1 Å². The highest BCUT2D eigenvalue weighted by Crippen LogP contribution is 2.29. The summed E-state index contributed by atoms with van der Waals surface area (Å²) in [7, 11) is 0. The summed E-state index contributed by atoms with van der Waals surface area (Å²) < 4.78 is 5.44. The Hall–Kier alpha value is -3.35. The number of amides is 3. The van der Waals surface area contributed by atoms with Gasteiger partial charge in [-0.1, -0.05) is 24.3 Å². The lowest BCUT2D eigenvalue weighted by atomic mass is 10.2. The van der Waals surface area contributed by atoms with Crippen LogP contribution in [0.2, 0.25) is 0 Å². The molecular formula is C17H15N3O4. The summed E-state index contributed by atoms with van der Waals surface area (Å²) in [6, 6.07) is 13.4. The molecule has 1 aliphatic rings. The summed E-state index contributed by atoms with van der Waals surface area (Å²) in [5.74, 6) is -1.08. The molecule has 1 heterocycles. The molecule has 0 spiro atoms. The lowest BCUT2D eigenvalue weighted by Crippen LogP contribution is -2.44. The third-order valence-corrected chi connectivity index (χ3v) is 3.58. The van der Waals surface area contributed by atoms with E-state index in [2.05, 4.69) is 5.32 Å². The zero-order valence-corrected chi connectivity index (χ0v) is 12.7. The number of hydrogen-bond donors (Lipinski definition) is 2. The van der Waals surface area contributed by atoms with Gasteiger partial charge in [0.05, 0.1) is 16.9 Å². The summed E-state index contributed by atoms with van der Waals surface area (Å²) in [5.41, 5.74) is 6.65. The van der Waals surface area contributed by atoms with Crippen molar-refractivity contribution in [3.8, 4) is 5.75 Å². The van der Waals surface area contributed by atoms with E-state index >= 15 is 0 Å². The summed E-state index contributed by atoms with van der Waals surface area (Å²) >= 11 is 0. The molecule has 0 saturated carbocycles. The summed E-state index contributed by atoms with van der Waals surface area (Å²) in [4.78, 5) is 36.9. The number of para-hydroxylation sites is 3. The number of nitrogens with two attached hydrogens (primary N) is 1. The largest absolute Gasteiger partial charge is 0.483 e. The minimum absolute atomic E-state index is 0.0866. The van der Waals surface area contributed by atoms with Crippen LogP contribution in [-0.4, -0.2) is 30.9 Å². The molecule has 24 heavy (non-hydrogen) atoms. The molecule has 0 atom stereocenters. The Morgan fingerprint density at radius 3 is 2.62 bits per heavy atom. The monoisotopic (exact) mass is 325 g/mol. The lowest BCUT2D eigenvalue weighted by molar-refractivity contribution is -0.123. The molecule has 0 bridgehead atoms. The van der Waals surface area contributed by atoms with Crippen LogP contribution in [0.1, 0.15) is 10.4 Å². The van der Waals surface area contributed by atoms with Gasteiger partial charge < -0.3 is 15.8 Å². The fourth-order valence-corrected chi connectivity index (χ4v) is 2.47. The van der Waals surface area contributed by atoms with Crippen molar-refractivity contribution in [1.82, 2.24) is 0 Å². The van der Waals surface area contributed by atoms with E-state index in [4.69, 9.17) is 10.5 Å². The Morgan fingerprint density at radius 1 is 1.12 bits per heavy atom. The average Bonchev–Trinajstić information content (AvgIpc) is 2.59. The van der Waals surface area contributed by atoms with Crippen LogP contribution in [0.25, 0.3) is 0 Å². The Morgan fingerprint density at radius 2 is 1.83 bits per heavy atom. The standard InChI is InChI=1S/C17H15N3O4/c18-17(23)11-5-1-4-8-14(11)24-10-16(22)20-9-15(21)19-12-6-2-3-7-13(12)20/h1-8H,9-10H2,(H2,18,23)(H,19,21). The summed E-state index contributed by atoms with van der Waals surface area (Å²) in [6.07, 6.45) is 0. The first-order chi connectivity index (χ1) is 11.6. The third-order valence-electron chi connectivity index (χ3n) is 3.58. The van der Waals surface area contributed by atoms with Crippen LogP contribution in [0.5, 0.6) is 5.75 Å². The van der Waals surface area contributed by atoms with Gasteiger partial charge in [-0.15, -0.1) is 0 Å². The molecule has 3 amide bonds. The molecule has 0 fully saturated rings. The number of ether oxygens (including phenoxy) is 1. The number of hydrogen-bond acceptors (Lipinski definition) is 4. The number of fused-ring (bicyclic) bond motifs is 1. The molecule has 7 nitrogen and oxygen atoms in total. The van der Waals surface area contributed by atoms with Gasteiger partial charge in [0.2, 0.25) is 5.91 Å². The van der Waals surface area contributed by atoms with Crippen molar-refractivity contribution >= 4 is 29.1 Å². The van der Waals surface area contributed by atoms with E-state index in [1.54, 1.807) is 42.5 Å². The van der Waals surface area contributed by atoms with Crippen LogP contribution >= 0.6 is 0 Å². The van der Waals surface area contributed by atoms with Gasteiger partial charge in [0.15, 0.2) is 6.61 Å². The molecule has 122 valence electrons. The molecule has 0 aromatic heterocycles. The van der Waals surface area contributed by atoms with Crippen LogP contribution in [0.4, 0.5) is 11.4 Å². The van der Waals surface area contributed by atoms with E-state index in [0.29, 0.717) is 11.4 Å². The van der Waals surface area contributed by atoms with Crippen LogP contribution in [0.3, 0.4) is 0 Å². The van der Waals surface area contributed by atoms with E-state index in [1.807, 2.05) is 0 Å². The molecule has 0 radical (unpaired) electrons. The van der Waals surface area contributed by atoms with Crippen molar-refractivity contribution in [3.63, 3.8) is 0 Å². The second-order valence-corrected chi connectivity index (χ2v) is 5.19. The van der Waals surface area contributed by atoms with Crippen LogP contribution in [-0.2, 0) is 9.59 Å². The molecular weight excluding hydrogens is 310 g/mol. The normalized spacial score (nSPS) is 13.0. The number of benzene rings is 2. The third kappa shape index (κ3) is 3.05. The Labute approximate surface area is 138 Å². The Kier molecular flexibility index (Phi) is 4.15. The predicted octanol–water partition coefficient (Wildman–Crippen LogP) is 1.15. The number of carbonyl (C=O) groups excluding carboxylic acids is 3. The highest BCUT2D eigenvalue weighted by atomic mass is 16.5. The smallest absolute Gasteiger partial charge is 0.265 e. The number of anilines is 2. The molecule has 1 aliphatic heterocycles. The molecule has 3 rings (SSSR count). The fraction of sp³-hybridized carbons (Fsp3) is 0.118. The zero-order chi connectivity index (χ0) is 17.1. The van der Waals surface area contributed by atoms with E-state index < -0.39 is 11.8 Å². The highest BCUT2D eigenvalue weighted by Gasteiger charge is 2.27. The van der Waals surface area contributed by atoms with E-state index in [9.17, 15) is 14.4 Å². The minimum Gasteiger partial charge on any atom is -0.483 e. The number of nitrogens with zero attached hydrogens (tertiary/aromatic N) is 1. The van der Waals surface area contributed by atoms with E-state index in [0.717, 1.165) is 0 Å². The Bertz CT molecular complexity index is 819. The molecule has 0 saturated heterocycles. The molecule has 2 aromatic carbocycles. The van der Waals surface area contributed by atoms with E-state index in [-0.39, 0.29) is 30.4 Å². The van der Waals surface area contributed by atoms with Gasteiger partial charge in [-0.25, -0.2) is 0 Å². The Balaban J connectivity index is 1.77. The van der Waals surface area contributed by atoms with Gasteiger partial charge in [-0.2, -0.15) is 0 Å². The predicted molar refractivity (Wildman–Crippen MR) is 87.9 cm³/mol. The first kappa shape index (κ1) is 15.5. The maximum Gasteiger partial charge on any atom is 0.265 e. The van der Waals surface area contributed by atoms with Crippen molar-refractivity contribution in [2.45, 2.75) is 0 Å². The summed E-state index contributed by atoms with van der Waals surface area (Å²) in [5, 5.41) is 2.71. The quantitative estimate of drug-likeness (QED) is 0.880. The maximum absolute atomic E-state index is 12.5. The number of nitrogens with one attached hydrogen (secondary N) is 1. The number of primary amides is 1. The van der Waals surface area contributed by atoms with Gasteiger partial charge in [-0.3, -0.25) is 19.3 Å². The second kappa shape index (κ2) is 6.41. The van der Waals surface area contributed by atoms with E-state index in [1.165, 1.54) is 11.0 Å². The average molecular weight is 325 g/mol. The van der Waals surface area contributed by atoms with Crippen LogP contribution in [0, 0.1) is 0 Å². The van der Waals surface area contributed by atoms with Gasteiger partial charge >= 0.3 is 0 Å². The second-order valence-electron chi connectivity index (χ2n) is 5.19. The number of rotatable bonds is 4. The SMILES string of the molecule is NC(=O)c1ccccc1OCC(=O)N1CC(=O)Nc2ccccc21. The first-order valence-electron chi connectivity index (χ1n) is 7.27. The topological polar surface area (TPSA) is 102 Å². The summed E-state index contributed by atoms with van der Waals surface area (Å²) in [6.45, 7) is -0.400. The first-order valence-corrected chi connectivity index (χ1v) is 7.27. The van der Waals surface area contributed by atoms with Gasteiger partial charge in [0.1, 0.15) is 12.3 Å². The fourth-order valence-electron chi connectivity index (χ4n) is 2.47. The zero-order valence-electron chi connectivity index (χ0n) is 12.7. The molecule has 0 unspecified atom stereocenters. The maximum atomic E-state index is 12.5. The van der Waals surface area contributed by atoms with Crippen molar-refractivity contribution in [2.24, 2.45) is 5.73 Å². The molecule has 3 N–H and O–H groups in total. The molecule has 7 heteroatoms. The highest BCUT2D eigenvalue weighted by molar-refractivity contribution is 6.10. The molecule has 2 aromatic rings. The van der Waals surface area contributed by atoms with Crippen molar-refractivity contribution < 1.29 is 19.1 Å². The van der Waals surface area contributed by atoms with Gasteiger partial charge in [-0.05, 0) is 24.3 Å². The minimum atomic E-state index is -0.638. The van der Waals surface area contributed by atoms with Crippen molar-refractivity contribution in [2.75, 3.05) is 23.4 Å². The van der Waals surface area contributed by atoms with Crippen LogP contribution in [0.15, 0.2) is 48.5 Å². The number of carbonyl (C=O) groups is 3. The van der Waals surface area contributed by atoms with Crippen molar-refractivity contribution in [1.29, 1.82) is 0 Å². The van der Waals surface area contributed by atoms with Gasteiger partial charge in [0, 0.05) is 0 Å². The molecule has 0 aliphatic carbocycles.